The van der Waals surface area contributed by atoms with Gasteiger partial charge in [0.05, 0.1) is 6.61 Å². The summed E-state index contributed by atoms with van der Waals surface area (Å²) >= 11 is 5.06. The summed E-state index contributed by atoms with van der Waals surface area (Å²) in [7, 11) is 0. The molecule has 9 heteroatoms. The molecule has 0 fully saturated rings. The van der Waals surface area contributed by atoms with Crippen molar-refractivity contribution in [3.63, 3.8) is 0 Å². The van der Waals surface area contributed by atoms with E-state index in [4.69, 9.17) is 4.84 Å². The maximum atomic E-state index is 12.4. The van der Waals surface area contributed by atoms with Crippen molar-refractivity contribution in [2.45, 2.75) is 6.61 Å². The van der Waals surface area contributed by atoms with Crippen molar-refractivity contribution in [1.82, 2.24) is 16.1 Å². The fourth-order valence-electron chi connectivity index (χ4n) is 2.13. The van der Waals surface area contributed by atoms with Crippen molar-refractivity contribution in [3.05, 3.63) is 34.9 Å². The van der Waals surface area contributed by atoms with Crippen molar-refractivity contribution in [3.8, 4) is 0 Å². The van der Waals surface area contributed by atoms with Crippen LogP contribution in [0.1, 0.15) is 26.3 Å². The molecule has 0 saturated carbocycles. The van der Waals surface area contributed by atoms with Crippen molar-refractivity contribution < 1.29 is 14.4 Å². The van der Waals surface area contributed by atoms with Crippen molar-refractivity contribution in [1.29, 1.82) is 0 Å². The number of nitrogens with one attached hydrogen (secondary N) is 3. The second-order valence-electron chi connectivity index (χ2n) is 5.59. The number of rotatable bonds is 14. The van der Waals surface area contributed by atoms with E-state index in [9.17, 15) is 9.59 Å². The molecular formula is C18H29N3O3S3. The maximum Gasteiger partial charge on any atom is 0.251 e. The predicted octanol–water partition coefficient (Wildman–Crippen LogP) is 2.26. The zero-order valence-corrected chi connectivity index (χ0v) is 18.6. The molecule has 0 heterocycles. The van der Waals surface area contributed by atoms with E-state index in [1.807, 2.05) is 18.8 Å². The van der Waals surface area contributed by atoms with E-state index in [-0.39, 0.29) is 18.4 Å². The Balaban J connectivity index is 2.83. The summed E-state index contributed by atoms with van der Waals surface area (Å²) in [6.45, 7) is 2.20. The monoisotopic (exact) mass is 431 g/mol. The fraction of sp³-hybridized carbons (Fsp3) is 0.556. The molecule has 0 aromatic heterocycles. The van der Waals surface area contributed by atoms with Crippen LogP contribution < -0.4 is 16.1 Å². The molecule has 0 radical (unpaired) electrons. The van der Waals surface area contributed by atoms with Crippen LogP contribution in [0.15, 0.2) is 18.2 Å². The molecule has 0 aliphatic carbocycles. The Morgan fingerprint density at radius 3 is 1.78 bits per heavy atom. The van der Waals surface area contributed by atoms with Crippen LogP contribution in [0.5, 0.6) is 0 Å². The van der Waals surface area contributed by atoms with E-state index in [2.05, 4.69) is 16.1 Å². The SMILES string of the molecule is CSCCNOCc1cc(C(=O)NCCSC)cc(C(=O)NCCSC)c1. The molecule has 1 aromatic carbocycles. The number of amides is 2. The van der Waals surface area contributed by atoms with Crippen LogP contribution in [0, 0.1) is 0 Å². The minimum atomic E-state index is -0.181. The number of hydrogen-bond donors (Lipinski definition) is 3. The van der Waals surface area contributed by atoms with Crippen molar-refractivity contribution in [2.24, 2.45) is 0 Å². The lowest BCUT2D eigenvalue weighted by atomic mass is 10.0. The molecule has 1 rings (SSSR count). The van der Waals surface area contributed by atoms with Crippen LogP contribution in [-0.4, -0.2) is 67.5 Å². The highest BCUT2D eigenvalue weighted by Crippen LogP contribution is 2.12. The topological polar surface area (TPSA) is 79.5 Å². The third-order valence-corrected chi connectivity index (χ3v) is 5.29. The van der Waals surface area contributed by atoms with Crippen molar-refractivity contribution in [2.75, 3.05) is 55.7 Å². The molecule has 0 spiro atoms. The Bertz CT molecular complexity index is 548. The van der Waals surface area contributed by atoms with Gasteiger partial charge in [-0.25, -0.2) is 5.48 Å². The van der Waals surface area contributed by atoms with E-state index in [0.29, 0.717) is 24.2 Å². The Morgan fingerprint density at radius 1 is 0.815 bits per heavy atom. The summed E-state index contributed by atoms with van der Waals surface area (Å²) in [5.74, 6) is 2.27. The first-order chi connectivity index (χ1) is 13.1. The molecule has 2 amide bonds. The third kappa shape index (κ3) is 10.3. The number of hydrogen-bond acceptors (Lipinski definition) is 7. The van der Waals surface area contributed by atoms with Gasteiger partial charge in [0.2, 0.25) is 0 Å². The minimum absolute atomic E-state index is 0.181. The number of thioether (sulfide) groups is 3. The summed E-state index contributed by atoms with van der Waals surface area (Å²) < 4.78 is 0. The Labute approximate surface area is 174 Å². The number of carbonyl (C=O) groups excluding carboxylic acids is 2. The van der Waals surface area contributed by atoms with Gasteiger partial charge < -0.3 is 10.6 Å². The minimum Gasteiger partial charge on any atom is -0.351 e. The lowest BCUT2D eigenvalue weighted by Gasteiger charge is -2.11. The maximum absolute atomic E-state index is 12.4. The normalized spacial score (nSPS) is 10.6. The Hall–Kier alpha value is -0.870. The average Bonchev–Trinajstić information content (AvgIpc) is 2.67. The number of benzene rings is 1. The highest BCUT2D eigenvalue weighted by atomic mass is 32.2. The van der Waals surface area contributed by atoms with E-state index in [1.54, 1.807) is 53.5 Å². The fourth-order valence-corrected chi connectivity index (χ4v) is 3.02. The first kappa shape index (κ1) is 24.2. The summed E-state index contributed by atoms with van der Waals surface area (Å²) in [5, 5.41) is 5.75. The van der Waals surface area contributed by atoms with Gasteiger partial charge in [0.25, 0.3) is 11.8 Å². The molecule has 1 aromatic rings. The quantitative estimate of drug-likeness (QED) is 0.308. The standard InChI is InChI=1S/C18H29N3O3S3/c1-25-7-4-19-17(22)15-10-14(13-24-21-6-9-27-3)11-16(12-15)18(23)20-5-8-26-2/h10-12,21H,4-9,13H2,1-3H3,(H,19,22)(H,20,23). The van der Waals surface area contributed by atoms with Gasteiger partial charge in [-0.2, -0.15) is 35.3 Å². The first-order valence-corrected chi connectivity index (χ1v) is 12.8. The van der Waals surface area contributed by atoms with E-state index < -0.39 is 0 Å². The number of hydroxylamine groups is 1. The van der Waals surface area contributed by atoms with E-state index >= 15 is 0 Å². The summed E-state index contributed by atoms with van der Waals surface area (Å²) in [5.41, 5.74) is 4.60. The second-order valence-corrected chi connectivity index (χ2v) is 8.55. The molecular weight excluding hydrogens is 402 g/mol. The van der Waals surface area contributed by atoms with Crippen molar-refractivity contribution >= 4 is 47.1 Å². The number of carbonyl (C=O) groups is 2. The second kappa shape index (κ2) is 15.1. The Kier molecular flexibility index (Phi) is 13.5. The molecule has 27 heavy (non-hydrogen) atoms. The molecule has 152 valence electrons. The first-order valence-electron chi connectivity index (χ1n) is 8.64. The molecule has 0 aliphatic rings. The van der Waals surface area contributed by atoms with Gasteiger partial charge in [-0.15, -0.1) is 0 Å². The highest BCUT2D eigenvalue weighted by Gasteiger charge is 2.13. The van der Waals surface area contributed by atoms with Crippen LogP contribution >= 0.6 is 35.3 Å². The third-order valence-electron chi connectivity index (χ3n) is 3.45. The van der Waals surface area contributed by atoms with Gasteiger partial charge in [-0.1, -0.05) is 0 Å². The molecule has 0 unspecified atom stereocenters. The van der Waals surface area contributed by atoms with Gasteiger partial charge >= 0.3 is 0 Å². The Morgan fingerprint density at radius 2 is 1.30 bits per heavy atom. The zero-order chi connectivity index (χ0) is 19.9. The smallest absolute Gasteiger partial charge is 0.251 e. The predicted molar refractivity (Wildman–Crippen MR) is 119 cm³/mol. The van der Waals surface area contributed by atoms with Gasteiger partial charge in [0.1, 0.15) is 0 Å². The zero-order valence-electron chi connectivity index (χ0n) is 16.1. The van der Waals surface area contributed by atoms with Gasteiger partial charge in [0.15, 0.2) is 0 Å². The molecule has 0 atom stereocenters. The van der Waals surface area contributed by atoms with E-state index in [1.165, 1.54) is 0 Å². The van der Waals surface area contributed by atoms with Crippen LogP contribution in [0.4, 0.5) is 0 Å². The van der Waals surface area contributed by atoms with Gasteiger partial charge in [-0.05, 0) is 42.5 Å². The molecule has 3 N–H and O–H groups in total. The molecule has 0 bridgehead atoms. The summed E-state index contributed by atoms with van der Waals surface area (Å²) in [6.07, 6.45) is 6.01. The lowest BCUT2D eigenvalue weighted by Crippen LogP contribution is -2.28. The van der Waals surface area contributed by atoms with Crippen LogP contribution in [0.25, 0.3) is 0 Å². The van der Waals surface area contributed by atoms with E-state index in [0.717, 1.165) is 29.4 Å². The van der Waals surface area contributed by atoms with Gasteiger partial charge in [-0.3, -0.25) is 14.4 Å². The average molecular weight is 432 g/mol. The molecule has 6 nitrogen and oxygen atoms in total. The lowest BCUT2D eigenvalue weighted by molar-refractivity contribution is 0.0320. The largest absolute Gasteiger partial charge is 0.351 e. The molecule has 0 aliphatic heterocycles. The summed E-state index contributed by atoms with van der Waals surface area (Å²) in [6, 6.07) is 5.17. The van der Waals surface area contributed by atoms with Crippen LogP contribution in [0.3, 0.4) is 0 Å². The van der Waals surface area contributed by atoms with Crippen LogP contribution in [-0.2, 0) is 11.4 Å². The summed E-state index contributed by atoms with van der Waals surface area (Å²) in [4.78, 5) is 30.3. The molecule has 0 saturated heterocycles. The van der Waals surface area contributed by atoms with Crippen LogP contribution in [0.2, 0.25) is 0 Å². The highest BCUT2D eigenvalue weighted by molar-refractivity contribution is 7.99. The van der Waals surface area contributed by atoms with Gasteiger partial charge in [0, 0.05) is 48.0 Å².